The summed E-state index contributed by atoms with van der Waals surface area (Å²) in [6.45, 7) is 0. The van der Waals surface area contributed by atoms with Gasteiger partial charge < -0.3 is 10.4 Å². The Balaban J connectivity index is 2.09. The molecule has 0 saturated carbocycles. The molecule has 0 aliphatic heterocycles. The van der Waals surface area contributed by atoms with Gasteiger partial charge in [-0.15, -0.1) is 0 Å². The number of H-pyrrole nitrogens is 1. The van der Waals surface area contributed by atoms with E-state index in [2.05, 4.69) is 20.7 Å². The van der Waals surface area contributed by atoms with E-state index in [0.717, 1.165) is 5.56 Å². The number of benzene rings is 1. The number of carboxylic acids is 1. The van der Waals surface area contributed by atoms with Crippen molar-refractivity contribution in [2.75, 3.05) is 0 Å². The molecule has 3 N–H and O–H groups in total. The van der Waals surface area contributed by atoms with Gasteiger partial charge in [0.1, 0.15) is 0 Å². The summed E-state index contributed by atoms with van der Waals surface area (Å²) in [4.78, 5) is 22.8. The first-order chi connectivity index (χ1) is 10.1. The van der Waals surface area contributed by atoms with Crippen LogP contribution in [-0.2, 0) is 11.2 Å². The third kappa shape index (κ3) is 4.28. The molecule has 1 atom stereocenters. The van der Waals surface area contributed by atoms with Crippen LogP contribution < -0.4 is 5.32 Å². The average molecular weight is 309 g/mol. The van der Waals surface area contributed by atoms with Gasteiger partial charge >= 0.3 is 5.97 Å². The zero-order chi connectivity index (χ0) is 15.2. The largest absolute Gasteiger partial charge is 0.481 e. The molecule has 2 rings (SSSR count). The maximum Gasteiger partial charge on any atom is 0.305 e. The Morgan fingerprint density at radius 2 is 2.14 bits per heavy atom. The molecule has 8 heteroatoms. The van der Waals surface area contributed by atoms with E-state index in [-0.39, 0.29) is 12.1 Å². The van der Waals surface area contributed by atoms with Crippen molar-refractivity contribution in [2.24, 2.45) is 0 Å². The Morgan fingerprint density at radius 1 is 1.38 bits per heavy atom. The molecule has 0 spiro atoms. The number of carbonyl (C=O) groups is 2. The first-order valence-corrected chi connectivity index (χ1v) is 6.56. The van der Waals surface area contributed by atoms with Crippen molar-refractivity contribution in [2.45, 2.75) is 18.9 Å². The number of amides is 1. The lowest BCUT2D eigenvalue weighted by Gasteiger charge is -2.17. The second-order valence-electron chi connectivity index (χ2n) is 4.42. The third-order valence-electron chi connectivity index (χ3n) is 2.83. The predicted molar refractivity (Wildman–Crippen MR) is 75.0 cm³/mol. The maximum atomic E-state index is 11.9. The number of carbonyl (C=O) groups excluding carboxylic acids is 1. The molecule has 0 saturated heterocycles. The van der Waals surface area contributed by atoms with Crippen LogP contribution in [0.1, 0.15) is 22.5 Å². The quantitative estimate of drug-likeness (QED) is 0.745. The van der Waals surface area contributed by atoms with Gasteiger partial charge in [-0.05, 0) is 18.1 Å². The Kier molecular flexibility index (Phi) is 4.89. The van der Waals surface area contributed by atoms with Crippen LogP contribution >= 0.6 is 11.6 Å². The molecule has 0 unspecified atom stereocenters. The highest BCUT2D eigenvalue weighted by Crippen LogP contribution is 2.17. The Hall–Kier alpha value is -2.41. The lowest BCUT2D eigenvalue weighted by atomic mass is 10.0. The summed E-state index contributed by atoms with van der Waals surface area (Å²) >= 11 is 6.05. The maximum absolute atomic E-state index is 11.9. The van der Waals surface area contributed by atoms with E-state index < -0.39 is 17.9 Å². The Bertz CT molecular complexity index is 630. The zero-order valence-electron chi connectivity index (χ0n) is 10.9. The zero-order valence-corrected chi connectivity index (χ0v) is 11.7. The van der Waals surface area contributed by atoms with E-state index in [4.69, 9.17) is 16.7 Å². The molecule has 0 bridgehead atoms. The number of nitrogens with one attached hydrogen (secondary N) is 2. The minimum absolute atomic E-state index is 0.101. The van der Waals surface area contributed by atoms with E-state index in [1.54, 1.807) is 24.3 Å². The molecule has 0 radical (unpaired) electrons. The number of halogens is 1. The smallest absolute Gasteiger partial charge is 0.305 e. The number of nitrogens with zero attached hydrogens (tertiary/aromatic N) is 2. The van der Waals surface area contributed by atoms with Crippen molar-refractivity contribution in [3.63, 3.8) is 0 Å². The van der Waals surface area contributed by atoms with Crippen LogP contribution in [0.5, 0.6) is 0 Å². The van der Waals surface area contributed by atoms with Crippen molar-refractivity contribution in [3.8, 4) is 0 Å². The third-order valence-corrected chi connectivity index (χ3v) is 3.20. The molecule has 0 aliphatic rings. The number of hydrogen-bond acceptors (Lipinski definition) is 4. The molecule has 1 aromatic heterocycles. The molecule has 2 aromatic rings. The summed E-state index contributed by atoms with van der Waals surface area (Å²) in [6, 6.07) is 6.50. The number of hydrogen-bond donors (Lipinski definition) is 3. The predicted octanol–water partition coefficient (Wildman–Crippen LogP) is 1.27. The molecule has 1 aromatic carbocycles. The summed E-state index contributed by atoms with van der Waals surface area (Å²) in [7, 11) is 0. The van der Waals surface area contributed by atoms with E-state index in [9.17, 15) is 9.59 Å². The van der Waals surface area contributed by atoms with Crippen LogP contribution in [0.3, 0.4) is 0 Å². The van der Waals surface area contributed by atoms with E-state index in [1.165, 1.54) is 6.20 Å². The van der Waals surface area contributed by atoms with Gasteiger partial charge in [0.05, 0.1) is 12.6 Å². The highest BCUT2D eigenvalue weighted by atomic mass is 35.5. The van der Waals surface area contributed by atoms with Gasteiger partial charge in [-0.2, -0.15) is 15.4 Å². The van der Waals surface area contributed by atoms with E-state index >= 15 is 0 Å². The van der Waals surface area contributed by atoms with Crippen LogP contribution in [-0.4, -0.2) is 38.4 Å². The second kappa shape index (κ2) is 6.85. The topological polar surface area (TPSA) is 108 Å². The van der Waals surface area contributed by atoms with E-state index in [1.807, 2.05) is 0 Å². The minimum atomic E-state index is -1.01. The fourth-order valence-corrected chi connectivity index (χ4v) is 2.10. The monoisotopic (exact) mass is 308 g/mol. The van der Waals surface area contributed by atoms with E-state index in [0.29, 0.717) is 11.4 Å². The summed E-state index contributed by atoms with van der Waals surface area (Å²) in [5, 5.41) is 21.6. The lowest BCUT2D eigenvalue weighted by molar-refractivity contribution is -0.137. The standard InChI is InChI=1S/C13H13ClN4O3/c14-10-4-2-1-3-8(10)5-9(6-12(19)20)16-13(21)11-7-15-18-17-11/h1-4,7,9H,5-6H2,(H,16,21)(H,19,20)(H,15,17,18)/t9-/m1/s1. The number of carboxylic acid groups (broad SMARTS) is 1. The van der Waals surface area contributed by atoms with Gasteiger partial charge in [-0.1, -0.05) is 29.8 Å². The van der Waals surface area contributed by atoms with Gasteiger partial charge in [0.25, 0.3) is 5.91 Å². The molecule has 0 fully saturated rings. The summed E-state index contributed by atoms with van der Waals surface area (Å²) in [6.07, 6.45) is 1.37. The van der Waals surface area contributed by atoms with Crippen LogP contribution in [0, 0.1) is 0 Å². The molecule has 21 heavy (non-hydrogen) atoms. The minimum Gasteiger partial charge on any atom is -0.481 e. The van der Waals surface area contributed by atoms with Crippen LogP contribution in [0.15, 0.2) is 30.5 Å². The highest BCUT2D eigenvalue weighted by molar-refractivity contribution is 6.31. The molecular weight excluding hydrogens is 296 g/mol. The normalized spacial score (nSPS) is 11.9. The average Bonchev–Trinajstić information content (AvgIpc) is 2.94. The summed E-state index contributed by atoms with van der Waals surface area (Å²) < 4.78 is 0. The van der Waals surface area contributed by atoms with Gasteiger partial charge in [0.2, 0.25) is 0 Å². The first-order valence-electron chi connectivity index (χ1n) is 6.18. The summed E-state index contributed by atoms with van der Waals surface area (Å²) in [5.41, 5.74) is 0.871. The van der Waals surface area contributed by atoms with Crippen molar-refractivity contribution in [3.05, 3.63) is 46.7 Å². The molecule has 110 valence electrons. The van der Waals surface area contributed by atoms with Gasteiger partial charge in [-0.25, -0.2) is 0 Å². The Labute approximate surface area is 125 Å². The van der Waals surface area contributed by atoms with Gasteiger partial charge in [-0.3, -0.25) is 9.59 Å². The van der Waals surface area contributed by atoms with Gasteiger partial charge in [0.15, 0.2) is 5.69 Å². The van der Waals surface area contributed by atoms with Crippen LogP contribution in [0.25, 0.3) is 0 Å². The molecular formula is C13H13ClN4O3. The Morgan fingerprint density at radius 3 is 2.76 bits per heavy atom. The molecule has 0 aliphatic carbocycles. The molecule has 7 nitrogen and oxygen atoms in total. The van der Waals surface area contributed by atoms with Gasteiger partial charge in [0, 0.05) is 11.1 Å². The fourth-order valence-electron chi connectivity index (χ4n) is 1.88. The van der Waals surface area contributed by atoms with Crippen LogP contribution in [0.4, 0.5) is 0 Å². The number of aromatic amines is 1. The number of aliphatic carboxylic acids is 1. The molecule has 1 amide bonds. The lowest BCUT2D eigenvalue weighted by Crippen LogP contribution is -2.38. The van der Waals surface area contributed by atoms with Crippen molar-refractivity contribution in [1.82, 2.24) is 20.7 Å². The summed E-state index contributed by atoms with van der Waals surface area (Å²) in [5.74, 6) is -1.49. The second-order valence-corrected chi connectivity index (χ2v) is 4.83. The van der Waals surface area contributed by atoms with Crippen LogP contribution in [0.2, 0.25) is 5.02 Å². The first kappa shape index (κ1) is 15.0. The molecule has 1 heterocycles. The van der Waals surface area contributed by atoms with Crippen molar-refractivity contribution >= 4 is 23.5 Å². The SMILES string of the molecule is O=C(O)C[C@@H](Cc1ccccc1Cl)NC(=O)c1cn[nH]n1. The van der Waals surface area contributed by atoms with Crippen molar-refractivity contribution < 1.29 is 14.7 Å². The number of rotatable bonds is 6. The number of aromatic nitrogens is 3. The fraction of sp³-hybridized carbons (Fsp3) is 0.231. The van der Waals surface area contributed by atoms with Crippen molar-refractivity contribution in [1.29, 1.82) is 0 Å². The highest BCUT2D eigenvalue weighted by Gasteiger charge is 2.19.